The van der Waals surface area contributed by atoms with E-state index in [9.17, 15) is 14.5 Å². The summed E-state index contributed by atoms with van der Waals surface area (Å²) < 4.78 is 13.2. The molecule has 0 amide bonds. The van der Waals surface area contributed by atoms with E-state index in [0.29, 0.717) is 16.4 Å². The fourth-order valence-electron chi connectivity index (χ4n) is 3.78. The highest BCUT2D eigenvalue weighted by Gasteiger charge is 2.20. The summed E-state index contributed by atoms with van der Waals surface area (Å²) in [6.07, 6.45) is 5.91. The maximum Gasteiger partial charge on any atom is 0.272 e. The van der Waals surface area contributed by atoms with Gasteiger partial charge in [-0.1, -0.05) is 11.8 Å². The molecule has 0 fully saturated rings. The summed E-state index contributed by atoms with van der Waals surface area (Å²) in [6, 6.07) is 10.9. The van der Waals surface area contributed by atoms with Gasteiger partial charge in [0.05, 0.1) is 10.3 Å². The number of hydrogen-bond acceptors (Lipinski definition) is 7. The molecule has 4 aromatic rings. The van der Waals surface area contributed by atoms with Gasteiger partial charge >= 0.3 is 0 Å². The molecule has 0 radical (unpaired) electrons. The van der Waals surface area contributed by atoms with Crippen LogP contribution in [0.4, 0.5) is 21.6 Å². The van der Waals surface area contributed by atoms with Crippen molar-refractivity contribution in [2.24, 2.45) is 0 Å². The first-order chi connectivity index (χ1) is 15.1. The van der Waals surface area contributed by atoms with Crippen LogP contribution in [0.5, 0.6) is 0 Å². The lowest BCUT2D eigenvalue weighted by Gasteiger charge is -2.13. The van der Waals surface area contributed by atoms with Gasteiger partial charge in [0.25, 0.3) is 5.69 Å². The fourth-order valence-corrected chi connectivity index (χ4v) is 5.92. The van der Waals surface area contributed by atoms with Gasteiger partial charge in [0, 0.05) is 32.5 Å². The van der Waals surface area contributed by atoms with Gasteiger partial charge < -0.3 is 5.32 Å². The second kappa shape index (κ2) is 8.24. The molecule has 2 heterocycles. The number of nitrogens with zero attached hydrogens (tertiary/aromatic N) is 3. The van der Waals surface area contributed by atoms with Gasteiger partial charge in [0.15, 0.2) is 0 Å². The Kier molecular flexibility index (Phi) is 5.29. The van der Waals surface area contributed by atoms with Crippen LogP contribution in [0.15, 0.2) is 58.6 Å². The van der Waals surface area contributed by atoms with Gasteiger partial charge in [-0.2, -0.15) is 0 Å². The molecule has 5 rings (SSSR count). The quantitative estimate of drug-likeness (QED) is 0.274. The van der Waals surface area contributed by atoms with Crippen LogP contribution in [0.25, 0.3) is 10.2 Å². The summed E-state index contributed by atoms with van der Waals surface area (Å²) in [5, 5.41) is 15.8. The Balaban J connectivity index is 1.53. The van der Waals surface area contributed by atoms with E-state index in [4.69, 9.17) is 0 Å². The monoisotopic (exact) mass is 452 g/mol. The third-order valence-corrected chi connectivity index (χ3v) is 7.34. The van der Waals surface area contributed by atoms with E-state index < -0.39 is 4.92 Å². The van der Waals surface area contributed by atoms with E-state index in [1.165, 1.54) is 59.2 Å². The summed E-state index contributed by atoms with van der Waals surface area (Å²) in [4.78, 5) is 23.8. The van der Waals surface area contributed by atoms with E-state index in [1.54, 1.807) is 23.5 Å². The first kappa shape index (κ1) is 19.9. The lowest BCUT2D eigenvalue weighted by Crippen LogP contribution is -2.01. The third kappa shape index (κ3) is 4.11. The maximum atomic E-state index is 13.2. The first-order valence-electron chi connectivity index (χ1n) is 9.82. The van der Waals surface area contributed by atoms with Crippen molar-refractivity contribution in [1.82, 2.24) is 9.97 Å². The van der Waals surface area contributed by atoms with Crippen LogP contribution >= 0.6 is 23.1 Å². The van der Waals surface area contributed by atoms with Crippen molar-refractivity contribution in [1.29, 1.82) is 0 Å². The van der Waals surface area contributed by atoms with Crippen LogP contribution in [-0.2, 0) is 12.8 Å². The van der Waals surface area contributed by atoms with E-state index in [-0.39, 0.29) is 11.5 Å². The van der Waals surface area contributed by atoms with Crippen LogP contribution in [0.3, 0.4) is 0 Å². The molecule has 0 atom stereocenters. The Labute approximate surface area is 185 Å². The van der Waals surface area contributed by atoms with Crippen LogP contribution in [0, 0.1) is 15.9 Å². The minimum Gasteiger partial charge on any atom is -0.339 e. The molecule has 1 aliphatic rings. The normalized spacial score (nSPS) is 13.2. The summed E-state index contributed by atoms with van der Waals surface area (Å²) in [7, 11) is 0. The second-order valence-corrected chi connectivity index (χ2v) is 9.50. The highest BCUT2D eigenvalue weighted by Crippen LogP contribution is 2.40. The number of rotatable bonds is 5. The first-order valence-corrected chi connectivity index (χ1v) is 11.5. The van der Waals surface area contributed by atoms with Crippen molar-refractivity contribution in [3.63, 3.8) is 0 Å². The molecule has 0 saturated heterocycles. The molecule has 156 valence electrons. The smallest absolute Gasteiger partial charge is 0.272 e. The number of anilines is 2. The van der Waals surface area contributed by atoms with Crippen molar-refractivity contribution in [2.45, 2.75) is 35.5 Å². The fraction of sp³-hybridized carbons (Fsp3) is 0.182. The second-order valence-electron chi connectivity index (χ2n) is 7.27. The molecule has 0 aliphatic heterocycles. The number of fused-ring (bicyclic) bond motifs is 3. The number of non-ortho nitro benzene ring substituents is 1. The van der Waals surface area contributed by atoms with E-state index in [1.807, 2.05) is 6.07 Å². The number of thiophene rings is 1. The number of aryl methyl sites for hydroxylation is 2. The van der Waals surface area contributed by atoms with Crippen LogP contribution in [0.1, 0.15) is 23.3 Å². The summed E-state index contributed by atoms with van der Waals surface area (Å²) in [6.45, 7) is 0. The van der Waals surface area contributed by atoms with Crippen LogP contribution in [-0.4, -0.2) is 14.9 Å². The standard InChI is InChI=1S/C22H17FN4O2S2/c23-13-5-7-16(8-6-13)30-17-10-14(9-15(11-17)27(28)29)26-21-20-18-3-1-2-4-19(18)31-22(20)25-12-24-21/h5-12H,1-4H2,(H,24,25,26). The van der Waals surface area contributed by atoms with E-state index in [0.717, 1.165) is 34.4 Å². The maximum absolute atomic E-state index is 13.2. The van der Waals surface area contributed by atoms with Gasteiger partial charge in [-0.25, -0.2) is 14.4 Å². The summed E-state index contributed by atoms with van der Waals surface area (Å²) >= 11 is 3.04. The number of aromatic nitrogens is 2. The molecule has 9 heteroatoms. The molecule has 2 aromatic carbocycles. The predicted molar refractivity (Wildman–Crippen MR) is 121 cm³/mol. The molecule has 6 nitrogen and oxygen atoms in total. The van der Waals surface area contributed by atoms with Crippen molar-refractivity contribution < 1.29 is 9.31 Å². The third-order valence-electron chi connectivity index (χ3n) is 5.17. The molecule has 1 N–H and O–H groups in total. The van der Waals surface area contributed by atoms with Crippen LogP contribution in [0.2, 0.25) is 0 Å². The highest BCUT2D eigenvalue weighted by molar-refractivity contribution is 7.99. The zero-order valence-electron chi connectivity index (χ0n) is 16.3. The summed E-state index contributed by atoms with van der Waals surface area (Å²) in [5.41, 5.74) is 1.85. The minimum absolute atomic E-state index is 0.0211. The van der Waals surface area contributed by atoms with Gasteiger partial charge in [-0.05, 0) is 61.6 Å². The Morgan fingerprint density at radius 3 is 2.68 bits per heavy atom. The lowest BCUT2D eigenvalue weighted by atomic mass is 9.97. The molecule has 0 unspecified atom stereocenters. The Morgan fingerprint density at radius 1 is 1.06 bits per heavy atom. The van der Waals surface area contributed by atoms with Crippen molar-refractivity contribution >= 4 is 50.5 Å². The Morgan fingerprint density at radius 2 is 1.87 bits per heavy atom. The average Bonchev–Trinajstić information content (AvgIpc) is 3.15. The summed E-state index contributed by atoms with van der Waals surface area (Å²) in [5.74, 6) is 0.347. The Hall–Kier alpha value is -3.04. The number of benzene rings is 2. The highest BCUT2D eigenvalue weighted by atomic mass is 32.2. The molecule has 0 spiro atoms. The number of nitrogens with one attached hydrogen (secondary N) is 1. The molecule has 0 bridgehead atoms. The minimum atomic E-state index is -0.415. The molecular formula is C22H17FN4O2S2. The van der Waals surface area contributed by atoms with Crippen molar-refractivity contribution in [2.75, 3.05) is 5.32 Å². The Bertz CT molecular complexity index is 1290. The molecular weight excluding hydrogens is 435 g/mol. The SMILES string of the molecule is O=[N+]([O-])c1cc(Nc2ncnc3sc4c(c23)CCCC4)cc(Sc2ccc(F)cc2)c1. The van der Waals surface area contributed by atoms with Gasteiger partial charge in [-0.3, -0.25) is 10.1 Å². The van der Waals surface area contributed by atoms with Gasteiger partial charge in [-0.15, -0.1) is 11.3 Å². The van der Waals surface area contributed by atoms with Crippen molar-refractivity contribution in [3.05, 3.63) is 75.2 Å². The zero-order valence-corrected chi connectivity index (χ0v) is 17.9. The number of nitro benzene ring substituents is 1. The molecule has 0 saturated carbocycles. The zero-order chi connectivity index (χ0) is 21.4. The number of halogens is 1. The molecule has 1 aliphatic carbocycles. The van der Waals surface area contributed by atoms with E-state index >= 15 is 0 Å². The lowest BCUT2D eigenvalue weighted by molar-refractivity contribution is -0.385. The van der Waals surface area contributed by atoms with Crippen LogP contribution < -0.4 is 5.32 Å². The topological polar surface area (TPSA) is 81.0 Å². The average molecular weight is 453 g/mol. The van der Waals surface area contributed by atoms with Gasteiger partial charge in [0.1, 0.15) is 22.8 Å². The van der Waals surface area contributed by atoms with E-state index in [2.05, 4.69) is 15.3 Å². The number of nitro groups is 1. The van der Waals surface area contributed by atoms with Gasteiger partial charge in [0.2, 0.25) is 0 Å². The predicted octanol–water partition coefficient (Wildman–Crippen LogP) is 6.51. The number of hydrogen-bond donors (Lipinski definition) is 1. The largest absolute Gasteiger partial charge is 0.339 e. The molecule has 2 aromatic heterocycles. The van der Waals surface area contributed by atoms with Crippen molar-refractivity contribution in [3.8, 4) is 0 Å². The molecule has 31 heavy (non-hydrogen) atoms.